The number of rotatable bonds is 6. The maximum atomic E-state index is 11.7. The first-order valence-electron chi connectivity index (χ1n) is 11.2. The van der Waals surface area contributed by atoms with Crippen LogP contribution in [0.3, 0.4) is 0 Å². The minimum atomic E-state index is -0.325. The summed E-state index contributed by atoms with van der Waals surface area (Å²) in [5, 5.41) is 0. The van der Waals surface area contributed by atoms with Gasteiger partial charge in [-0.15, -0.1) is 0 Å². The molecule has 1 unspecified atom stereocenters. The Morgan fingerprint density at radius 1 is 1.06 bits per heavy atom. The number of hydrogen-bond acceptors (Lipinski definition) is 6. The van der Waals surface area contributed by atoms with Crippen LogP contribution in [0.4, 0.5) is 5.82 Å². The number of aromatic nitrogens is 2. The van der Waals surface area contributed by atoms with E-state index < -0.39 is 0 Å². The smallest absolute Gasteiger partial charge is 0.168 e. The van der Waals surface area contributed by atoms with Crippen molar-refractivity contribution in [1.82, 2.24) is 19.4 Å². The third-order valence-corrected chi connectivity index (χ3v) is 6.32. The SMILES string of the molecule is CN(C)CCN1CCN(c2ncccc2C2Oc3ccccc3-n3c(C=O)ccc32)CC1. The van der Waals surface area contributed by atoms with Crippen LogP contribution in [0.25, 0.3) is 5.69 Å². The third kappa shape index (κ3) is 3.78. The van der Waals surface area contributed by atoms with E-state index in [0.717, 1.165) is 74.1 Å². The Hall–Kier alpha value is -3.16. The first kappa shape index (κ1) is 20.7. The second-order valence-electron chi connectivity index (χ2n) is 8.65. The Morgan fingerprint density at radius 2 is 1.88 bits per heavy atom. The van der Waals surface area contributed by atoms with Gasteiger partial charge in [0.1, 0.15) is 11.6 Å². The van der Waals surface area contributed by atoms with Gasteiger partial charge in [-0.25, -0.2) is 4.98 Å². The van der Waals surface area contributed by atoms with Gasteiger partial charge in [0.2, 0.25) is 0 Å². The number of carbonyl (C=O) groups is 1. The monoisotopic (exact) mass is 431 g/mol. The molecule has 5 rings (SSSR count). The fourth-order valence-corrected chi connectivity index (χ4v) is 4.60. The molecule has 0 spiro atoms. The summed E-state index contributed by atoms with van der Waals surface area (Å²) in [4.78, 5) is 23.6. The number of benzene rings is 1. The van der Waals surface area contributed by atoms with Crippen LogP contribution in [-0.4, -0.2) is 79.0 Å². The molecule has 0 bridgehead atoms. The van der Waals surface area contributed by atoms with Crippen LogP contribution in [0.2, 0.25) is 0 Å². The molecule has 0 radical (unpaired) electrons. The maximum absolute atomic E-state index is 11.7. The highest BCUT2D eigenvalue weighted by molar-refractivity contribution is 5.76. The molecule has 32 heavy (non-hydrogen) atoms. The van der Waals surface area contributed by atoms with Gasteiger partial charge >= 0.3 is 0 Å². The van der Waals surface area contributed by atoms with E-state index in [4.69, 9.17) is 9.72 Å². The Kier molecular flexibility index (Phi) is 5.68. The van der Waals surface area contributed by atoms with Gasteiger partial charge in [-0.2, -0.15) is 0 Å². The molecule has 1 atom stereocenters. The van der Waals surface area contributed by atoms with Gasteiger partial charge in [0.05, 0.1) is 17.1 Å². The van der Waals surface area contributed by atoms with Crippen LogP contribution < -0.4 is 9.64 Å². The Balaban J connectivity index is 1.45. The van der Waals surface area contributed by atoms with E-state index in [-0.39, 0.29) is 6.10 Å². The van der Waals surface area contributed by atoms with Crippen LogP contribution in [0.15, 0.2) is 54.7 Å². The second kappa shape index (κ2) is 8.76. The standard InChI is InChI=1S/C25H29N5O2/c1-27(2)12-13-28-14-16-29(17-15-28)25-20(6-5-11-26-25)24-22-10-9-19(18-31)30(22)21-7-3-4-8-23(21)32-24/h3-11,18,24H,12-17H2,1-2H3. The minimum Gasteiger partial charge on any atom is -0.477 e. The highest BCUT2D eigenvalue weighted by Crippen LogP contribution is 2.42. The summed E-state index contributed by atoms with van der Waals surface area (Å²) in [6.45, 7) is 6.05. The summed E-state index contributed by atoms with van der Waals surface area (Å²) in [7, 11) is 4.23. The topological polar surface area (TPSA) is 53.8 Å². The normalized spacial score (nSPS) is 18.2. The summed E-state index contributed by atoms with van der Waals surface area (Å²) in [5.41, 5.74) is 3.50. The predicted octanol–water partition coefficient (Wildman–Crippen LogP) is 2.85. The quantitative estimate of drug-likeness (QED) is 0.560. The summed E-state index contributed by atoms with van der Waals surface area (Å²) < 4.78 is 8.51. The molecule has 0 aliphatic carbocycles. The minimum absolute atomic E-state index is 0.325. The number of pyridine rings is 1. The van der Waals surface area contributed by atoms with E-state index in [1.165, 1.54) is 0 Å². The number of anilines is 1. The van der Waals surface area contributed by atoms with E-state index in [1.54, 1.807) is 0 Å². The summed E-state index contributed by atoms with van der Waals surface area (Å²) in [5.74, 6) is 1.73. The van der Waals surface area contributed by atoms with Crippen molar-refractivity contribution < 1.29 is 9.53 Å². The third-order valence-electron chi connectivity index (χ3n) is 6.32. The largest absolute Gasteiger partial charge is 0.477 e. The van der Waals surface area contributed by atoms with Crippen LogP contribution in [0.5, 0.6) is 5.75 Å². The van der Waals surface area contributed by atoms with E-state index in [9.17, 15) is 4.79 Å². The molecule has 0 amide bonds. The van der Waals surface area contributed by atoms with Crippen LogP contribution >= 0.6 is 0 Å². The predicted molar refractivity (Wildman–Crippen MR) is 125 cm³/mol. The molecule has 7 heteroatoms. The summed E-state index contributed by atoms with van der Waals surface area (Å²) >= 11 is 0. The van der Waals surface area contributed by atoms with Crippen molar-refractivity contribution in [3.63, 3.8) is 0 Å². The summed E-state index contributed by atoms with van der Waals surface area (Å²) in [6, 6.07) is 15.8. The lowest BCUT2D eigenvalue weighted by molar-refractivity contribution is 0.111. The molecule has 0 N–H and O–H groups in total. The first-order valence-corrected chi connectivity index (χ1v) is 11.2. The zero-order valence-electron chi connectivity index (χ0n) is 18.6. The molecule has 0 saturated carbocycles. The average Bonchev–Trinajstić information content (AvgIpc) is 3.27. The van der Waals surface area contributed by atoms with Gasteiger partial charge in [-0.1, -0.05) is 12.1 Å². The summed E-state index contributed by atoms with van der Waals surface area (Å²) in [6.07, 6.45) is 2.43. The highest BCUT2D eigenvalue weighted by atomic mass is 16.5. The zero-order valence-corrected chi connectivity index (χ0v) is 18.6. The van der Waals surface area contributed by atoms with Gasteiger partial charge in [0, 0.05) is 51.0 Å². The van der Waals surface area contributed by atoms with Crippen LogP contribution in [0, 0.1) is 0 Å². The van der Waals surface area contributed by atoms with E-state index in [1.807, 2.05) is 53.2 Å². The number of ether oxygens (including phenoxy) is 1. The molecule has 1 fully saturated rings. The molecule has 3 aromatic rings. The van der Waals surface area contributed by atoms with E-state index >= 15 is 0 Å². The van der Waals surface area contributed by atoms with Crippen molar-refractivity contribution in [2.45, 2.75) is 6.10 Å². The molecule has 2 aromatic heterocycles. The molecule has 2 aliphatic rings. The van der Waals surface area contributed by atoms with Crippen molar-refractivity contribution >= 4 is 12.1 Å². The Bertz CT molecular complexity index is 1100. The van der Waals surface area contributed by atoms with Gasteiger partial charge in [-0.05, 0) is 50.5 Å². The van der Waals surface area contributed by atoms with Gasteiger partial charge in [-0.3, -0.25) is 9.69 Å². The molecule has 4 heterocycles. The average molecular weight is 432 g/mol. The molecule has 1 saturated heterocycles. The molecule has 1 aromatic carbocycles. The molecule has 166 valence electrons. The van der Waals surface area contributed by atoms with Crippen molar-refractivity contribution in [3.8, 4) is 11.4 Å². The van der Waals surface area contributed by atoms with Gasteiger partial charge in [0.15, 0.2) is 12.4 Å². The van der Waals surface area contributed by atoms with Crippen molar-refractivity contribution in [1.29, 1.82) is 0 Å². The number of likely N-dealkylation sites (N-methyl/N-ethyl adjacent to an activating group) is 1. The van der Waals surface area contributed by atoms with Crippen molar-refractivity contribution in [2.75, 3.05) is 58.3 Å². The fraction of sp³-hybridized carbons (Fsp3) is 0.360. The Labute approximate surface area is 188 Å². The zero-order chi connectivity index (χ0) is 22.1. The lowest BCUT2D eigenvalue weighted by Gasteiger charge is -2.38. The van der Waals surface area contributed by atoms with E-state index in [0.29, 0.717) is 5.69 Å². The number of carbonyl (C=O) groups excluding carboxylic acids is 1. The number of aldehydes is 1. The van der Waals surface area contributed by atoms with Crippen LogP contribution in [-0.2, 0) is 0 Å². The number of para-hydroxylation sites is 2. The number of nitrogens with zero attached hydrogens (tertiary/aromatic N) is 5. The number of hydrogen-bond donors (Lipinski definition) is 0. The lowest BCUT2D eigenvalue weighted by atomic mass is 10.0. The van der Waals surface area contributed by atoms with Gasteiger partial charge in [0.25, 0.3) is 0 Å². The molecule has 7 nitrogen and oxygen atoms in total. The number of piperazine rings is 1. The van der Waals surface area contributed by atoms with Crippen molar-refractivity contribution in [2.24, 2.45) is 0 Å². The van der Waals surface area contributed by atoms with E-state index in [2.05, 4.69) is 34.9 Å². The Morgan fingerprint density at radius 3 is 2.66 bits per heavy atom. The van der Waals surface area contributed by atoms with Crippen molar-refractivity contribution in [3.05, 3.63) is 71.7 Å². The van der Waals surface area contributed by atoms with Crippen LogP contribution in [0.1, 0.15) is 27.8 Å². The molecule has 2 aliphatic heterocycles. The number of fused-ring (bicyclic) bond motifs is 3. The molecular formula is C25H29N5O2. The second-order valence-corrected chi connectivity index (χ2v) is 8.65. The maximum Gasteiger partial charge on any atom is 0.168 e. The lowest BCUT2D eigenvalue weighted by Crippen LogP contribution is -2.48. The highest BCUT2D eigenvalue weighted by Gasteiger charge is 2.32. The first-order chi connectivity index (χ1) is 15.7. The molecular weight excluding hydrogens is 402 g/mol. The fourth-order valence-electron chi connectivity index (χ4n) is 4.60. The van der Waals surface area contributed by atoms with Gasteiger partial charge < -0.3 is 19.1 Å².